The van der Waals surface area contributed by atoms with E-state index in [0.29, 0.717) is 6.54 Å². The number of amides is 1. The van der Waals surface area contributed by atoms with Crippen LogP contribution in [0.15, 0.2) is 16.6 Å². The summed E-state index contributed by atoms with van der Waals surface area (Å²) in [5.74, 6) is -2.20. The second-order valence-corrected chi connectivity index (χ2v) is 6.40. The maximum absolute atomic E-state index is 13.5. The topological polar surface area (TPSA) is 37.4 Å². The van der Waals surface area contributed by atoms with E-state index in [4.69, 9.17) is 0 Å². The average Bonchev–Trinajstić information content (AvgIpc) is 2.66. The lowest BCUT2D eigenvalue weighted by atomic mass is 10.3. The van der Waals surface area contributed by atoms with E-state index in [-0.39, 0.29) is 32.9 Å². The molecule has 7 heteroatoms. The van der Waals surface area contributed by atoms with E-state index < -0.39 is 11.6 Å². The summed E-state index contributed by atoms with van der Waals surface area (Å²) in [4.78, 5) is 24.3. The third-order valence-corrected chi connectivity index (χ3v) is 4.46. The molecule has 2 rings (SSSR count). The summed E-state index contributed by atoms with van der Waals surface area (Å²) in [6.07, 6.45) is 0.218. The number of anilines is 1. The van der Waals surface area contributed by atoms with E-state index in [0.717, 1.165) is 17.8 Å². The van der Waals surface area contributed by atoms with Gasteiger partial charge in [0.05, 0.1) is 10.2 Å². The molecular formula is C12H10BrF2NO2S. The molecule has 1 fully saturated rings. The highest BCUT2D eigenvalue weighted by atomic mass is 79.9. The first-order chi connectivity index (χ1) is 8.90. The molecule has 0 bridgehead atoms. The minimum Gasteiger partial charge on any atom is -0.310 e. The van der Waals surface area contributed by atoms with Crippen molar-refractivity contribution in [3.63, 3.8) is 0 Å². The van der Waals surface area contributed by atoms with Crippen LogP contribution in [-0.4, -0.2) is 22.8 Å². The highest BCUT2D eigenvalue weighted by Crippen LogP contribution is 2.35. The van der Waals surface area contributed by atoms with Crippen molar-refractivity contribution in [2.45, 2.75) is 18.6 Å². The van der Waals surface area contributed by atoms with Gasteiger partial charge in [0, 0.05) is 25.1 Å². The molecule has 0 saturated carbocycles. The molecule has 1 amide bonds. The number of halogens is 3. The fourth-order valence-electron chi connectivity index (χ4n) is 1.95. The lowest BCUT2D eigenvalue weighted by molar-refractivity contribution is -0.117. The van der Waals surface area contributed by atoms with E-state index in [1.54, 1.807) is 0 Å². The van der Waals surface area contributed by atoms with Gasteiger partial charge in [-0.3, -0.25) is 9.59 Å². The summed E-state index contributed by atoms with van der Waals surface area (Å²) < 4.78 is 26.4. The molecule has 1 aliphatic rings. The van der Waals surface area contributed by atoms with Crippen LogP contribution in [0.2, 0.25) is 0 Å². The Balaban J connectivity index is 2.26. The number of benzene rings is 1. The first-order valence-corrected chi connectivity index (χ1v) is 7.18. The Bertz CT molecular complexity index is 553. The van der Waals surface area contributed by atoms with E-state index in [1.807, 2.05) is 0 Å². The van der Waals surface area contributed by atoms with Crippen LogP contribution in [0.25, 0.3) is 0 Å². The number of nitrogens with zero attached hydrogens (tertiary/aromatic N) is 1. The summed E-state index contributed by atoms with van der Waals surface area (Å²) >= 11 is 4.05. The highest BCUT2D eigenvalue weighted by molar-refractivity contribution is 9.10. The first-order valence-electron chi connectivity index (χ1n) is 5.51. The van der Waals surface area contributed by atoms with Crippen LogP contribution in [0.1, 0.15) is 13.3 Å². The molecule has 102 valence electrons. The molecule has 0 aliphatic carbocycles. The zero-order valence-corrected chi connectivity index (χ0v) is 12.4. The lowest BCUT2D eigenvalue weighted by Gasteiger charge is -2.18. The SMILES string of the molecule is CC(=O)SC1CC(=O)N(c2ccc(F)c(F)c2Br)C1. The van der Waals surface area contributed by atoms with E-state index >= 15 is 0 Å². The Hall–Kier alpha value is -0.950. The van der Waals surface area contributed by atoms with Gasteiger partial charge < -0.3 is 4.90 Å². The predicted molar refractivity (Wildman–Crippen MR) is 73.1 cm³/mol. The molecule has 3 nitrogen and oxygen atoms in total. The van der Waals surface area contributed by atoms with Crippen LogP contribution in [0.5, 0.6) is 0 Å². The average molecular weight is 350 g/mol. The van der Waals surface area contributed by atoms with Crippen molar-refractivity contribution < 1.29 is 18.4 Å². The van der Waals surface area contributed by atoms with E-state index in [9.17, 15) is 18.4 Å². The number of thioether (sulfide) groups is 1. The molecule has 19 heavy (non-hydrogen) atoms. The largest absolute Gasteiger partial charge is 0.310 e. The van der Waals surface area contributed by atoms with Crippen LogP contribution in [0.4, 0.5) is 14.5 Å². The van der Waals surface area contributed by atoms with Gasteiger partial charge >= 0.3 is 0 Å². The molecule has 1 unspecified atom stereocenters. The number of carbonyl (C=O) groups is 2. The Kier molecular flexibility index (Phi) is 4.25. The smallest absolute Gasteiger partial charge is 0.228 e. The van der Waals surface area contributed by atoms with Gasteiger partial charge in [-0.15, -0.1) is 0 Å². The van der Waals surface area contributed by atoms with Gasteiger partial charge in [-0.1, -0.05) is 11.8 Å². The van der Waals surface area contributed by atoms with Gasteiger partial charge in [-0.2, -0.15) is 0 Å². The second kappa shape index (κ2) is 5.58. The van der Waals surface area contributed by atoms with Crippen molar-refractivity contribution in [2.75, 3.05) is 11.4 Å². The fourth-order valence-corrected chi connectivity index (χ4v) is 3.40. The number of hydrogen-bond donors (Lipinski definition) is 0. The molecule has 1 heterocycles. The number of hydrogen-bond acceptors (Lipinski definition) is 3. The van der Waals surface area contributed by atoms with Gasteiger partial charge in [0.1, 0.15) is 0 Å². The van der Waals surface area contributed by atoms with Crippen LogP contribution in [0, 0.1) is 11.6 Å². The predicted octanol–water partition coefficient (Wildman–Crippen LogP) is 3.11. The molecule has 0 aromatic heterocycles. The van der Waals surface area contributed by atoms with Crippen molar-refractivity contribution >= 4 is 44.4 Å². The first kappa shape index (κ1) is 14.5. The molecule has 1 aromatic carbocycles. The molecule has 0 radical (unpaired) electrons. The van der Waals surface area contributed by atoms with Gasteiger partial charge in [0.25, 0.3) is 0 Å². The van der Waals surface area contributed by atoms with Crippen LogP contribution in [0.3, 0.4) is 0 Å². The van der Waals surface area contributed by atoms with Crippen molar-refractivity contribution in [1.29, 1.82) is 0 Å². The van der Waals surface area contributed by atoms with Gasteiger partial charge in [-0.25, -0.2) is 8.78 Å². The number of carbonyl (C=O) groups excluding carboxylic acids is 2. The van der Waals surface area contributed by atoms with Crippen molar-refractivity contribution in [3.8, 4) is 0 Å². The Morgan fingerprint density at radius 2 is 2.16 bits per heavy atom. The van der Waals surface area contributed by atoms with Gasteiger partial charge in [0.15, 0.2) is 16.7 Å². The Labute approximate surface area is 121 Å². The summed E-state index contributed by atoms with van der Waals surface area (Å²) in [6, 6.07) is 2.33. The van der Waals surface area contributed by atoms with E-state index in [2.05, 4.69) is 15.9 Å². The Morgan fingerprint density at radius 3 is 2.79 bits per heavy atom. The quantitative estimate of drug-likeness (QED) is 0.770. The van der Waals surface area contributed by atoms with Crippen LogP contribution >= 0.6 is 27.7 Å². The van der Waals surface area contributed by atoms with Gasteiger partial charge in [0.2, 0.25) is 5.91 Å². The summed E-state index contributed by atoms with van der Waals surface area (Å²) in [5.41, 5.74) is 0.288. The monoisotopic (exact) mass is 349 g/mol. The van der Waals surface area contributed by atoms with Gasteiger partial charge in [-0.05, 0) is 28.1 Å². The molecular weight excluding hydrogens is 340 g/mol. The molecule has 1 aliphatic heterocycles. The Morgan fingerprint density at radius 1 is 1.47 bits per heavy atom. The zero-order valence-electron chi connectivity index (χ0n) is 9.95. The molecule has 1 aromatic rings. The minimum absolute atomic E-state index is 0.0657. The molecule has 1 atom stereocenters. The van der Waals surface area contributed by atoms with Crippen molar-refractivity contribution in [3.05, 3.63) is 28.2 Å². The normalized spacial score (nSPS) is 19.1. The van der Waals surface area contributed by atoms with Crippen LogP contribution in [-0.2, 0) is 9.59 Å². The minimum atomic E-state index is -1.02. The standard InChI is InChI=1S/C12H10BrF2NO2S/c1-6(17)19-7-4-10(18)16(5-7)9-3-2-8(14)12(15)11(9)13/h2-3,7H,4-5H2,1H3. The highest BCUT2D eigenvalue weighted by Gasteiger charge is 2.33. The van der Waals surface area contributed by atoms with Crippen molar-refractivity contribution in [1.82, 2.24) is 0 Å². The third-order valence-electron chi connectivity index (χ3n) is 2.73. The fraction of sp³-hybridized carbons (Fsp3) is 0.333. The number of rotatable bonds is 2. The molecule has 1 saturated heterocycles. The molecule has 0 N–H and O–H groups in total. The van der Waals surface area contributed by atoms with E-state index in [1.165, 1.54) is 17.9 Å². The maximum atomic E-state index is 13.5. The summed E-state index contributed by atoms with van der Waals surface area (Å²) in [5, 5.41) is -0.214. The summed E-state index contributed by atoms with van der Waals surface area (Å²) in [7, 11) is 0. The maximum Gasteiger partial charge on any atom is 0.228 e. The third kappa shape index (κ3) is 2.97. The van der Waals surface area contributed by atoms with Crippen LogP contribution < -0.4 is 4.90 Å². The zero-order chi connectivity index (χ0) is 14.2. The lowest BCUT2D eigenvalue weighted by Crippen LogP contribution is -2.25. The van der Waals surface area contributed by atoms with Crippen molar-refractivity contribution in [2.24, 2.45) is 0 Å². The molecule has 0 spiro atoms. The second-order valence-electron chi connectivity index (χ2n) is 4.13. The summed E-state index contributed by atoms with van der Waals surface area (Å²) in [6.45, 7) is 1.75.